The highest BCUT2D eigenvalue weighted by Crippen LogP contribution is 2.36. The molecule has 1 aliphatic rings. The molecule has 0 radical (unpaired) electrons. The van der Waals surface area contributed by atoms with Gasteiger partial charge in [-0.25, -0.2) is 4.98 Å². The molecule has 1 saturated carbocycles. The molecule has 0 amide bonds. The van der Waals surface area contributed by atoms with Crippen LogP contribution in [0.5, 0.6) is 0 Å². The molecule has 1 aromatic heterocycles. The van der Waals surface area contributed by atoms with E-state index >= 15 is 0 Å². The van der Waals surface area contributed by atoms with Gasteiger partial charge in [-0.1, -0.05) is 36.6 Å². The molecule has 0 bridgehead atoms. The predicted molar refractivity (Wildman–Crippen MR) is 113 cm³/mol. The van der Waals surface area contributed by atoms with Crippen LogP contribution in [-0.2, 0) is 6.18 Å². The third-order valence-electron chi connectivity index (χ3n) is 5.19. The summed E-state index contributed by atoms with van der Waals surface area (Å²) in [5, 5.41) is 6.18. The molecule has 0 spiro atoms. The normalized spacial score (nSPS) is 14.7. The maximum atomic E-state index is 13.4. The Kier molecular flexibility index (Phi) is 5.81. The fourth-order valence-electron chi connectivity index (χ4n) is 3.64. The minimum absolute atomic E-state index is 0.0769. The molecule has 2 N–H and O–H groups in total. The molecule has 1 fully saturated rings. The van der Waals surface area contributed by atoms with Crippen LogP contribution in [0, 0.1) is 0 Å². The highest BCUT2D eigenvalue weighted by Gasteiger charge is 2.35. The summed E-state index contributed by atoms with van der Waals surface area (Å²) in [5.41, 5.74) is 1.50. The first-order valence-electron chi connectivity index (χ1n) is 9.72. The topological polar surface area (TPSA) is 49.8 Å². The van der Waals surface area contributed by atoms with Gasteiger partial charge in [0.25, 0.3) is 0 Å². The van der Waals surface area contributed by atoms with Gasteiger partial charge in [0.2, 0.25) is 5.95 Å². The van der Waals surface area contributed by atoms with Gasteiger partial charge in [0, 0.05) is 22.6 Å². The molecule has 4 nitrogen and oxygen atoms in total. The van der Waals surface area contributed by atoms with Gasteiger partial charge in [0.1, 0.15) is 11.4 Å². The molecule has 1 aliphatic carbocycles. The lowest BCUT2D eigenvalue weighted by atomic mass is 9.98. The second-order valence-electron chi connectivity index (χ2n) is 7.31. The molecule has 0 saturated heterocycles. The van der Waals surface area contributed by atoms with Crippen LogP contribution >= 0.6 is 11.6 Å². The van der Waals surface area contributed by atoms with Crippen LogP contribution in [0.1, 0.15) is 42.7 Å². The lowest BCUT2D eigenvalue weighted by Crippen LogP contribution is -2.12. The van der Waals surface area contributed by atoms with E-state index in [1.807, 2.05) is 12.1 Å². The van der Waals surface area contributed by atoms with Crippen LogP contribution in [0.2, 0.25) is 5.02 Å². The molecule has 156 valence electrons. The number of hydrogen-bond donors (Lipinski definition) is 2. The minimum Gasteiger partial charge on any atom is -0.340 e. The van der Waals surface area contributed by atoms with E-state index in [2.05, 4.69) is 32.7 Å². The van der Waals surface area contributed by atoms with Gasteiger partial charge in [-0.3, -0.25) is 0 Å². The van der Waals surface area contributed by atoms with Gasteiger partial charge in [-0.15, -0.1) is 0 Å². The smallest absolute Gasteiger partial charge is 0.340 e. The van der Waals surface area contributed by atoms with Crippen molar-refractivity contribution < 1.29 is 13.2 Å². The summed E-state index contributed by atoms with van der Waals surface area (Å²) < 4.78 is 40.2. The van der Waals surface area contributed by atoms with E-state index in [9.17, 15) is 13.2 Å². The number of hydrogen-bond acceptors (Lipinski definition) is 4. The lowest BCUT2D eigenvalue weighted by Gasteiger charge is -2.15. The van der Waals surface area contributed by atoms with E-state index < -0.39 is 11.7 Å². The van der Waals surface area contributed by atoms with Gasteiger partial charge < -0.3 is 10.6 Å². The van der Waals surface area contributed by atoms with Crippen molar-refractivity contribution in [3.05, 3.63) is 70.9 Å². The Morgan fingerprint density at radius 2 is 1.47 bits per heavy atom. The average Bonchev–Trinajstić information content (AvgIpc) is 3.24. The van der Waals surface area contributed by atoms with Crippen molar-refractivity contribution in [1.29, 1.82) is 0 Å². The SMILES string of the molecule is FC(F)(F)c1cnc(Nc2ccc(C3CCCC3)cc2)nc1Nc1ccc(Cl)cc1. The molecule has 0 atom stereocenters. The zero-order valence-corrected chi connectivity index (χ0v) is 16.8. The highest BCUT2D eigenvalue weighted by atomic mass is 35.5. The quantitative estimate of drug-likeness (QED) is 0.444. The molecule has 0 unspecified atom stereocenters. The van der Waals surface area contributed by atoms with Crippen molar-refractivity contribution in [2.45, 2.75) is 37.8 Å². The average molecular weight is 433 g/mol. The summed E-state index contributed by atoms with van der Waals surface area (Å²) in [5.74, 6) is 0.342. The molecule has 0 aliphatic heterocycles. The van der Waals surface area contributed by atoms with Crippen molar-refractivity contribution in [1.82, 2.24) is 9.97 Å². The number of nitrogens with one attached hydrogen (secondary N) is 2. The number of rotatable bonds is 5. The van der Waals surface area contributed by atoms with E-state index in [1.54, 1.807) is 24.3 Å². The summed E-state index contributed by atoms with van der Waals surface area (Å²) in [6.45, 7) is 0. The fraction of sp³-hybridized carbons (Fsp3) is 0.273. The van der Waals surface area contributed by atoms with E-state index in [1.165, 1.54) is 31.2 Å². The van der Waals surface area contributed by atoms with Crippen molar-refractivity contribution in [3.8, 4) is 0 Å². The predicted octanol–water partition coefficient (Wildman–Crippen LogP) is 7.29. The monoisotopic (exact) mass is 432 g/mol. The first-order chi connectivity index (χ1) is 14.4. The number of alkyl halides is 3. The Bertz CT molecular complexity index is 998. The Morgan fingerprint density at radius 1 is 0.867 bits per heavy atom. The maximum absolute atomic E-state index is 13.4. The van der Waals surface area contributed by atoms with Gasteiger partial charge in [-0.05, 0) is 60.7 Å². The summed E-state index contributed by atoms with van der Waals surface area (Å²) in [6, 6.07) is 14.2. The summed E-state index contributed by atoms with van der Waals surface area (Å²) >= 11 is 5.84. The molecular weight excluding hydrogens is 413 g/mol. The van der Waals surface area contributed by atoms with Crippen LogP contribution in [0.3, 0.4) is 0 Å². The van der Waals surface area contributed by atoms with Crippen LogP contribution < -0.4 is 10.6 Å². The number of anilines is 4. The second-order valence-corrected chi connectivity index (χ2v) is 7.75. The summed E-state index contributed by atoms with van der Waals surface area (Å²) in [6.07, 6.45) is 1.11. The highest BCUT2D eigenvalue weighted by molar-refractivity contribution is 6.30. The number of aromatic nitrogens is 2. The van der Waals surface area contributed by atoms with Gasteiger partial charge in [0.15, 0.2) is 0 Å². The standard InChI is InChI=1S/C22H20ClF3N4/c23-16-7-11-17(12-8-16)28-20-19(22(24,25)26)13-27-21(30-20)29-18-9-5-15(6-10-18)14-3-1-2-4-14/h5-14H,1-4H2,(H2,27,28,29,30). The third kappa shape index (κ3) is 4.84. The molecule has 1 heterocycles. The molecule has 30 heavy (non-hydrogen) atoms. The molecular formula is C22H20ClF3N4. The molecule has 8 heteroatoms. The van der Waals surface area contributed by atoms with E-state index in [-0.39, 0.29) is 11.8 Å². The maximum Gasteiger partial charge on any atom is 0.421 e. The van der Waals surface area contributed by atoms with E-state index in [0.29, 0.717) is 22.3 Å². The Labute approximate surface area is 177 Å². The Balaban J connectivity index is 1.56. The Morgan fingerprint density at radius 3 is 2.10 bits per heavy atom. The minimum atomic E-state index is -4.59. The summed E-state index contributed by atoms with van der Waals surface area (Å²) in [4.78, 5) is 7.92. The van der Waals surface area contributed by atoms with Crippen LogP contribution in [0.15, 0.2) is 54.7 Å². The van der Waals surface area contributed by atoms with Crippen LogP contribution in [0.25, 0.3) is 0 Å². The van der Waals surface area contributed by atoms with Gasteiger partial charge in [0.05, 0.1) is 0 Å². The van der Waals surface area contributed by atoms with E-state index in [0.717, 1.165) is 6.20 Å². The summed E-state index contributed by atoms with van der Waals surface area (Å²) in [7, 11) is 0. The third-order valence-corrected chi connectivity index (χ3v) is 5.45. The molecule has 3 aromatic rings. The van der Waals surface area contributed by atoms with E-state index in [4.69, 9.17) is 11.6 Å². The zero-order chi connectivity index (χ0) is 21.1. The Hall–Kier alpha value is -2.80. The van der Waals surface area contributed by atoms with Crippen molar-refractivity contribution in [2.24, 2.45) is 0 Å². The first kappa shape index (κ1) is 20.5. The number of benzene rings is 2. The fourth-order valence-corrected chi connectivity index (χ4v) is 3.77. The number of halogens is 4. The van der Waals surface area contributed by atoms with Crippen molar-refractivity contribution >= 4 is 34.7 Å². The first-order valence-corrected chi connectivity index (χ1v) is 10.1. The van der Waals surface area contributed by atoms with Crippen molar-refractivity contribution in [2.75, 3.05) is 10.6 Å². The molecule has 2 aromatic carbocycles. The lowest BCUT2D eigenvalue weighted by molar-refractivity contribution is -0.137. The largest absolute Gasteiger partial charge is 0.421 e. The van der Waals surface area contributed by atoms with Gasteiger partial charge in [-0.2, -0.15) is 18.2 Å². The van der Waals surface area contributed by atoms with Crippen molar-refractivity contribution in [3.63, 3.8) is 0 Å². The van der Waals surface area contributed by atoms with Crippen LogP contribution in [0.4, 0.5) is 36.3 Å². The zero-order valence-electron chi connectivity index (χ0n) is 16.0. The molecule has 4 rings (SSSR count). The number of nitrogens with zero attached hydrogens (tertiary/aromatic N) is 2. The van der Waals surface area contributed by atoms with Gasteiger partial charge >= 0.3 is 6.18 Å². The second kappa shape index (κ2) is 8.52. The van der Waals surface area contributed by atoms with Crippen LogP contribution in [-0.4, -0.2) is 9.97 Å².